The smallest absolute Gasteiger partial charge is 0.265 e. The number of ketones is 2. The lowest BCUT2D eigenvalue weighted by Gasteiger charge is -2.16. The standard InChI is InChI=1S/C19H19NO4/c1-12(21)15-7-6-8-16(11-15)24-14(3)19(23)20-18-10-5-4-9-17(18)13(2)22/h4-11,14H,1-3H3,(H,20,23)/t14-/m1/s1. The Kier molecular flexibility index (Phi) is 5.47. The first-order valence-corrected chi connectivity index (χ1v) is 7.57. The molecule has 0 unspecified atom stereocenters. The topological polar surface area (TPSA) is 72.5 Å². The minimum absolute atomic E-state index is 0.0760. The number of carbonyl (C=O) groups is 3. The van der Waals surface area contributed by atoms with E-state index in [1.807, 2.05) is 0 Å². The quantitative estimate of drug-likeness (QED) is 0.825. The molecular formula is C19H19NO4. The highest BCUT2D eigenvalue weighted by Crippen LogP contribution is 2.18. The fourth-order valence-corrected chi connectivity index (χ4v) is 2.18. The third-order valence-electron chi connectivity index (χ3n) is 3.49. The zero-order valence-corrected chi connectivity index (χ0v) is 13.8. The molecule has 0 saturated heterocycles. The Hall–Kier alpha value is -2.95. The predicted octanol–water partition coefficient (Wildman–Crippen LogP) is 3.50. The number of ether oxygens (including phenoxy) is 1. The summed E-state index contributed by atoms with van der Waals surface area (Å²) in [7, 11) is 0. The first-order chi connectivity index (χ1) is 11.4. The molecule has 0 radical (unpaired) electrons. The molecule has 0 fully saturated rings. The molecule has 0 aliphatic carbocycles. The number of anilines is 1. The van der Waals surface area contributed by atoms with Crippen LogP contribution in [0.5, 0.6) is 5.75 Å². The molecule has 2 aromatic carbocycles. The van der Waals surface area contributed by atoms with E-state index in [9.17, 15) is 14.4 Å². The van der Waals surface area contributed by atoms with E-state index in [2.05, 4.69) is 5.32 Å². The first kappa shape index (κ1) is 17.4. The lowest BCUT2D eigenvalue weighted by molar-refractivity contribution is -0.122. The van der Waals surface area contributed by atoms with E-state index in [1.165, 1.54) is 13.8 Å². The highest BCUT2D eigenvalue weighted by Gasteiger charge is 2.17. The maximum absolute atomic E-state index is 12.3. The van der Waals surface area contributed by atoms with Crippen molar-refractivity contribution in [2.75, 3.05) is 5.32 Å². The van der Waals surface area contributed by atoms with Crippen LogP contribution in [0.3, 0.4) is 0 Å². The molecule has 0 aromatic heterocycles. The molecule has 1 amide bonds. The molecule has 124 valence electrons. The summed E-state index contributed by atoms with van der Waals surface area (Å²) in [5.74, 6) is -0.149. The van der Waals surface area contributed by atoms with E-state index in [0.717, 1.165) is 0 Å². The van der Waals surface area contributed by atoms with Crippen molar-refractivity contribution in [1.82, 2.24) is 0 Å². The Balaban J connectivity index is 2.09. The van der Waals surface area contributed by atoms with Crippen LogP contribution >= 0.6 is 0 Å². The molecular weight excluding hydrogens is 306 g/mol. The van der Waals surface area contributed by atoms with Gasteiger partial charge in [0.2, 0.25) is 0 Å². The van der Waals surface area contributed by atoms with Crippen LogP contribution in [0.4, 0.5) is 5.69 Å². The average molecular weight is 325 g/mol. The molecule has 1 atom stereocenters. The van der Waals surface area contributed by atoms with Crippen molar-refractivity contribution in [3.8, 4) is 5.75 Å². The van der Waals surface area contributed by atoms with Gasteiger partial charge in [-0.2, -0.15) is 0 Å². The number of amides is 1. The summed E-state index contributed by atoms with van der Waals surface area (Å²) in [6.45, 7) is 4.51. The van der Waals surface area contributed by atoms with Gasteiger partial charge in [0.25, 0.3) is 5.91 Å². The molecule has 1 N–H and O–H groups in total. The number of Topliss-reactive ketones (excluding diaryl/α,β-unsaturated/α-hetero) is 2. The maximum atomic E-state index is 12.3. The number of hydrogen-bond donors (Lipinski definition) is 1. The summed E-state index contributed by atoms with van der Waals surface area (Å²) in [6, 6.07) is 13.4. The Bertz CT molecular complexity index is 782. The molecule has 0 saturated carbocycles. The van der Waals surface area contributed by atoms with E-state index >= 15 is 0 Å². The van der Waals surface area contributed by atoms with E-state index in [4.69, 9.17) is 4.74 Å². The Morgan fingerprint density at radius 2 is 1.67 bits per heavy atom. The monoisotopic (exact) mass is 325 g/mol. The van der Waals surface area contributed by atoms with Crippen molar-refractivity contribution in [3.05, 3.63) is 59.7 Å². The van der Waals surface area contributed by atoms with Gasteiger partial charge in [-0.15, -0.1) is 0 Å². The van der Waals surface area contributed by atoms with Crippen LogP contribution < -0.4 is 10.1 Å². The zero-order chi connectivity index (χ0) is 17.7. The average Bonchev–Trinajstić information content (AvgIpc) is 2.55. The zero-order valence-electron chi connectivity index (χ0n) is 13.8. The van der Waals surface area contributed by atoms with Gasteiger partial charge >= 0.3 is 0 Å². The minimum Gasteiger partial charge on any atom is -0.481 e. The second-order valence-corrected chi connectivity index (χ2v) is 5.44. The second-order valence-electron chi connectivity index (χ2n) is 5.44. The minimum atomic E-state index is -0.785. The molecule has 24 heavy (non-hydrogen) atoms. The molecule has 2 aromatic rings. The third kappa shape index (κ3) is 4.29. The highest BCUT2D eigenvalue weighted by molar-refractivity contribution is 6.04. The van der Waals surface area contributed by atoms with E-state index in [-0.39, 0.29) is 17.5 Å². The summed E-state index contributed by atoms with van der Waals surface area (Å²) < 4.78 is 5.59. The van der Waals surface area contributed by atoms with Gasteiger partial charge in [-0.3, -0.25) is 14.4 Å². The van der Waals surface area contributed by atoms with Crippen molar-refractivity contribution in [3.63, 3.8) is 0 Å². The number of rotatable bonds is 6. The Labute approximate surface area is 140 Å². The van der Waals surface area contributed by atoms with Crippen molar-refractivity contribution in [2.45, 2.75) is 26.9 Å². The van der Waals surface area contributed by atoms with Crippen LogP contribution in [0.25, 0.3) is 0 Å². The van der Waals surface area contributed by atoms with Crippen LogP contribution in [-0.2, 0) is 4.79 Å². The van der Waals surface area contributed by atoms with E-state index < -0.39 is 6.10 Å². The van der Waals surface area contributed by atoms with Crippen molar-refractivity contribution in [1.29, 1.82) is 0 Å². The van der Waals surface area contributed by atoms with Crippen LogP contribution in [0.2, 0.25) is 0 Å². The largest absolute Gasteiger partial charge is 0.481 e. The van der Waals surface area contributed by atoms with Crippen molar-refractivity contribution >= 4 is 23.2 Å². The molecule has 0 bridgehead atoms. The number of carbonyl (C=O) groups excluding carboxylic acids is 3. The Morgan fingerprint density at radius 1 is 0.958 bits per heavy atom. The van der Waals surface area contributed by atoms with Crippen molar-refractivity contribution in [2.24, 2.45) is 0 Å². The van der Waals surface area contributed by atoms with Crippen molar-refractivity contribution < 1.29 is 19.1 Å². The fraction of sp³-hybridized carbons (Fsp3) is 0.211. The van der Waals surface area contributed by atoms with E-state index in [0.29, 0.717) is 22.6 Å². The van der Waals surface area contributed by atoms with Crippen LogP contribution in [-0.4, -0.2) is 23.6 Å². The number of benzene rings is 2. The lowest BCUT2D eigenvalue weighted by atomic mass is 10.1. The summed E-state index contributed by atoms with van der Waals surface area (Å²) in [6.07, 6.45) is -0.785. The van der Waals surface area contributed by atoms with Crippen LogP contribution in [0, 0.1) is 0 Å². The number of para-hydroxylation sites is 1. The normalized spacial score (nSPS) is 11.5. The number of nitrogens with one attached hydrogen (secondary N) is 1. The molecule has 0 aliphatic rings. The van der Waals surface area contributed by atoms with Gasteiger partial charge in [0.05, 0.1) is 5.69 Å². The molecule has 5 nitrogen and oxygen atoms in total. The van der Waals surface area contributed by atoms with Gasteiger partial charge in [0.15, 0.2) is 17.7 Å². The molecule has 2 rings (SSSR count). The molecule has 0 aliphatic heterocycles. The fourth-order valence-electron chi connectivity index (χ4n) is 2.18. The van der Waals surface area contributed by atoms with Gasteiger partial charge in [0, 0.05) is 11.1 Å². The van der Waals surface area contributed by atoms with Gasteiger partial charge in [-0.05, 0) is 45.0 Å². The van der Waals surface area contributed by atoms with Gasteiger partial charge in [-0.25, -0.2) is 0 Å². The predicted molar refractivity (Wildman–Crippen MR) is 91.6 cm³/mol. The summed E-state index contributed by atoms with van der Waals surface area (Å²) in [5.41, 5.74) is 1.40. The molecule has 0 heterocycles. The summed E-state index contributed by atoms with van der Waals surface area (Å²) in [4.78, 5) is 35.3. The highest BCUT2D eigenvalue weighted by atomic mass is 16.5. The summed E-state index contributed by atoms with van der Waals surface area (Å²) >= 11 is 0. The second kappa shape index (κ2) is 7.55. The van der Waals surface area contributed by atoms with Gasteiger partial charge in [-0.1, -0.05) is 24.3 Å². The third-order valence-corrected chi connectivity index (χ3v) is 3.49. The van der Waals surface area contributed by atoms with Gasteiger partial charge in [0.1, 0.15) is 5.75 Å². The van der Waals surface area contributed by atoms with Gasteiger partial charge < -0.3 is 10.1 Å². The van der Waals surface area contributed by atoms with Crippen LogP contribution in [0.1, 0.15) is 41.5 Å². The first-order valence-electron chi connectivity index (χ1n) is 7.57. The molecule has 0 spiro atoms. The summed E-state index contributed by atoms with van der Waals surface area (Å²) in [5, 5.41) is 2.70. The lowest BCUT2D eigenvalue weighted by Crippen LogP contribution is -2.30. The Morgan fingerprint density at radius 3 is 2.33 bits per heavy atom. The van der Waals surface area contributed by atoms with Crippen LogP contribution in [0.15, 0.2) is 48.5 Å². The molecule has 5 heteroatoms. The van der Waals surface area contributed by atoms with E-state index in [1.54, 1.807) is 55.5 Å². The maximum Gasteiger partial charge on any atom is 0.265 e. The SMILES string of the molecule is CC(=O)c1cccc(O[C@H](C)C(=O)Nc2ccccc2C(C)=O)c1. The number of hydrogen-bond acceptors (Lipinski definition) is 4.